The number of hydrogen-bond acceptors (Lipinski definition) is 3. The molecule has 3 rings (SSSR count). The second-order valence-electron chi connectivity index (χ2n) is 5.81. The van der Waals surface area contributed by atoms with Crippen LogP contribution in [0, 0.1) is 11.6 Å². The fourth-order valence-corrected chi connectivity index (χ4v) is 2.77. The molecule has 0 fully saturated rings. The maximum Gasteiger partial charge on any atom is 0.166 e. The van der Waals surface area contributed by atoms with Crippen LogP contribution >= 0.6 is 11.6 Å². The van der Waals surface area contributed by atoms with Crippen LogP contribution in [0.15, 0.2) is 60.7 Å². The minimum atomic E-state index is -0.475. The molecule has 0 saturated heterocycles. The van der Waals surface area contributed by atoms with E-state index in [9.17, 15) is 8.78 Å². The first-order chi connectivity index (χ1) is 13.1. The zero-order chi connectivity index (χ0) is 19.2. The third-order valence-electron chi connectivity index (χ3n) is 4.01. The Labute approximate surface area is 161 Å². The molecule has 0 bridgehead atoms. The molecule has 0 radical (unpaired) electrons. The van der Waals surface area contributed by atoms with Gasteiger partial charge in [0.15, 0.2) is 11.5 Å². The van der Waals surface area contributed by atoms with E-state index in [4.69, 9.17) is 21.1 Å². The van der Waals surface area contributed by atoms with E-state index < -0.39 is 5.82 Å². The van der Waals surface area contributed by atoms with Gasteiger partial charge in [0.1, 0.15) is 18.2 Å². The molecular formula is C21H18ClF2NO2. The van der Waals surface area contributed by atoms with Crippen molar-refractivity contribution in [3.05, 3.63) is 88.4 Å². The van der Waals surface area contributed by atoms with Crippen molar-refractivity contribution >= 4 is 17.3 Å². The summed E-state index contributed by atoms with van der Waals surface area (Å²) in [7, 11) is 1.54. The van der Waals surface area contributed by atoms with E-state index in [1.54, 1.807) is 37.4 Å². The topological polar surface area (TPSA) is 30.5 Å². The molecule has 0 spiro atoms. The van der Waals surface area contributed by atoms with Crippen molar-refractivity contribution < 1.29 is 18.3 Å². The fourth-order valence-electron chi connectivity index (χ4n) is 2.59. The van der Waals surface area contributed by atoms with E-state index in [-0.39, 0.29) is 17.4 Å². The van der Waals surface area contributed by atoms with Gasteiger partial charge in [-0.1, -0.05) is 41.9 Å². The lowest BCUT2D eigenvalue weighted by molar-refractivity contribution is 0.277. The van der Waals surface area contributed by atoms with E-state index in [0.29, 0.717) is 29.3 Å². The molecular weight excluding hydrogens is 372 g/mol. The van der Waals surface area contributed by atoms with Crippen molar-refractivity contribution in [3.63, 3.8) is 0 Å². The Morgan fingerprint density at radius 1 is 0.926 bits per heavy atom. The van der Waals surface area contributed by atoms with E-state index in [0.717, 1.165) is 5.56 Å². The Morgan fingerprint density at radius 3 is 2.44 bits per heavy atom. The average molecular weight is 390 g/mol. The lowest BCUT2D eigenvalue weighted by Crippen LogP contribution is -2.06. The van der Waals surface area contributed by atoms with Crippen LogP contribution in [-0.2, 0) is 13.2 Å². The van der Waals surface area contributed by atoms with Crippen LogP contribution in [0.3, 0.4) is 0 Å². The SMILES string of the molecule is COc1cccc(CNc2ccc(F)c(Cl)c2)c1OCc1ccccc1F. The molecule has 0 aliphatic heterocycles. The molecule has 140 valence electrons. The number of anilines is 1. The molecule has 0 unspecified atom stereocenters. The molecule has 3 aromatic rings. The Morgan fingerprint density at radius 2 is 1.70 bits per heavy atom. The van der Waals surface area contributed by atoms with Gasteiger partial charge < -0.3 is 14.8 Å². The van der Waals surface area contributed by atoms with Crippen LogP contribution in [0.2, 0.25) is 5.02 Å². The molecule has 3 aromatic carbocycles. The predicted molar refractivity (Wildman–Crippen MR) is 102 cm³/mol. The van der Waals surface area contributed by atoms with Crippen molar-refractivity contribution in [1.82, 2.24) is 0 Å². The molecule has 0 atom stereocenters. The second kappa shape index (κ2) is 8.73. The Balaban J connectivity index is 1.78. The zero-order valence-corrected chi connectivity index (χ0v) is 15.4. The average Bonchev–Trinajstić information content (AvgIpc) is 2.68. The van der Waals surface area contributed by atoms with Crippen LogP contribution in [0.25, 0.3) is 0 Å². The number of rotatable bonds is 7. The van der Waals surface area contributed by atoms with Gasteiger partial charge in [0.05, 0.1) is 12.1 Å². The number of halogens is 3. The summed E-state index contributed by atoms with van der Waals surface area (Å²) in [5.74, 6) is 0.261. The van der Waals surface area contributed by atoms with Crippen molar-refractivity contribution in [2.75, 3.05) is 12.4 Å². The van der Waals surface area contributed by atoms with Gasteiger partial charge in [0, 0.05) is 23.4 Å². The highest BCUT2D eigenvalue weighted by Gasteiger charge is 2.12. The summed E-state index contributed by atoms with van der Waals surface area (Å²) in [6.07, 6.45) is 0. The lowest BCUT2D eigenvalue weighted by atomic mass is 10.1. The van der Waals surface area contributed by atoms with Gasteiger partial charge in [-0.3, -0.25) is 0 Å². The molecule has 0 saturated carbocycles. The highest BCUT2D eigenvalue weighted by atomic mass is 35.5. The van der Waals surface area contributed by atoms with Gasteiger partial charge in [0.2, 0.25) is 0 Å². The van der Waals surface area contributed by atoms with Crippen LogP contribution in [-0.4, -0.2) is 7.11 Å². The molecule has 0 aliphatic carbocycles. The van der Waals surface area contributed by atoms with Gasteiger partial charge in [-0.25, -0.2) is 8.78 Å². The Bertz CT molecular complexity index is 934. The Hall–Kier alpha value is -2.79. The summed E-state index contributed by atoms with van der Waals surface area (Å²) in [6, 6.07) is 16.3. The van der Waals surface area contributed by atoms with Crippen LogP contribution < -0.4 is 14.8 Å². The standard InChI is InChI=1S/C21H18ClF2NO2/c1-26-20-8-4-6-14(12-25-16-9-10-19(24)17(22)11-16)21(20)27-13-15-5-2-3-7-18(15)23/h2-11,25H,12-13H2,1H3. The highest BCUT2D eigenvalue weighted by Crippen LogP contribution is 2.32. The van der Waals surface area contributed by atoms with Crippen molar-refractivity contribution in [1.29, 1.82) is 0 Å². The minimum Gasteiger partial charge on any atom is -0.493 e. The van der Waals surface area contributed by atoms with Crippen molar-refractivity contribution in [2.24, 2.45) is 0 Å². The zero-order valence-electron chi connectivity index (χ0n) is 14.6. The third kappa shape index (κ3) is 4.68. The monoisotopic (exact) mass is 389 g/mol. The number of benzene rings is 3. The van der Waals surface area contributed by atoms with Gasteiger partial charge >= 0.3 is 0 Å². The fraction of sp³-hybridized carbons (Fsp3) is 0.143. The van der Waals surface area contributed by atoms with Gasteiger partial charge in [-0.15, -0.1) is 0 Å². The third-order valence-corrected chi connectivity index (χ3v) is 4.30. The minimum absolute atomic E-state index is 0.0432. The summed E-state index contributed by atoms with van der Waals surface area (Å²) in [4.78, 5) is 0. The maximum absolute atomic E-state index is 13.8. The number of ether oxygens (including phenoxy) is 2. The molecule has 6 heteroatoms. The smallest absolute Gasteiger partial charge is 0.166 e. The predicted octanol–water partition coefficient (Wildman–Crippen LogP) is 5.82. The highest BCUT2D eigenvalue weighted by molar-refractivity contribution is 6.31. The summed E-state index contributed by atoms with van der Waals surface area (Å²) < 4.78 is 38.4. The number of nitrogens with one attached hydrogen (secondary N) is 1. The van der Waals surface area contributed by atoms with E-state index in [1.165, 1.54) is 18.2 Å². The first kappa shape index (κ1) is 19.0. The van der Waals surface area contributed by atoms with Gasteiger partial charge in [-0.05, 0) is 30.3 Å². The van der Waals surface area contributed by atoms with Gasteiger partial charge in [0.25, 0.3) is 0 Å². The normalized spacial score (nSPS) is 10.5. The first-order valence-electron chi connectivity index (χ1n) is 8.29. The number of methoxy groups -OCH3 is 1. The molecule has 0 aliphatic rings. The summed E-state index contributed by atoms with van der Waals surface area (Å²) >= 11 is 5.81. The van der Waals surface area contributed by atoms with Crippen molar-refractivity contribution in [3.8, 4) is 11.5 Å². The van der Waals surface area contributed by atoms with Crippen LogP contribution in [0.4, 0.5) is 14.5 Å². The maximum atomic E-state index is 13.8. The molecule has 3 nitrogen and oxygen atoms in total. The second-order valence-corrected chi connectivity index (χ2v) is 6.22. The molecule has 0 heterocycles. The Kier molecular flexibility index (Phi) is 6.14. The van der Waals surface area contributed by atoms with Crippen molar-refractivity contribution in [2.45, 2.75) is 13.2 Å². The van der Waals surface area contributed by atoms with E-state index in [1.807, 2.05) is 12.1 Å². The van der Waals surface area contributed by atoms with Gasteiger partial charge in [-0.2, -0.15) is 0 Å². The molecule has 0 aromatic heterocycles. The van der Waals surface area contributed by atoms with Crippen LogP contribution in [0.1, 0.15) is 11.1 Å². The first-order valence-corrected chi connectivity index (χ1v) is 8.67. The van der Waals surface area contributed by atoms with E-state index in [2.05, 4.69) is 5.32 Å². The number of hydrogen-bond donors (Lipinski definition) is 1. The largest absolute Gasteiger partial charge is 0.493 e. The summed E-state index contributed by atoms with van der Waals surface area (Å²) in [5, 5.41) is 3.21. The lowest BCUT2D eigenvalue weighted by Gasteiger charge is -2.16. The van der Waals surface area contributed by atoms with E-state index >= 15 is 0 Å². The summed E-state index contributed by atoms with van der Waals surface area (Å²) in [6.45, 7) is 0.466. The van der Waals surface area contributed by atoms with Crippen LogP contribution in [0.5, 0.6) is 11.5 Å². The quantitative estimate of drug-likeness (QED) is 0.552. The molecule has 1 N–H and O–H groups in total. The number of para-hydroxylation sites is 1. The molecule has 0 amide bonds. The molecule has 27 heavy (non-hydrogen) atoms. The summed E-state index contributed by atoms with van der Waals surface area (Å²) in [5.41, 5.74) is 1.93.